The maximum absolute atomic E-state index is 4.63. The molecule has 0 spiro atoms. The standard InChI is InChI=1S/C20H25N3S/c1-15-14-18(16(2)24-15)10-13-21-11-5-12-22-20-9-8-17-6-3-4-7-19(17)23-20/h3-4,6-9,14,21H,5,10-13H2,1-2H3,(H,22,23). The fraction of sp³-hybridized carbons (Fsp3) is 0.350. The largest absolute Gasteiger partial charge is 0.370 e. The van der Waals surface area contributed by atoms with E-state index in [2.05, 4.69) is 59.8 Å². The van der Waals surface area contributed by atoms with E-state index in [0.717, 1.165) is 43.8 Å². The Hall–Kier alpha value is -1.91. The Balaban J connectivity index is 1.34. The molecule has 0 amide bonds. The van der Waals surface area contributed by atoms with Crippen molar-refractivity contribution in [2.24, 2.45) is 0 Å². The molecule has 3 nitrogen and oxygen atoms in total. The van der Waals surface area contributed by atoms with E-state index in [1.54, 1.807) is 0 Å². The van der Waals surface area contributed by atoms with E-state index in [1.165, 1.54) is 20.7 Å². The summed E-state index contributed by atoms with van der Waals surface area (Å²) in [5.41, 5.74) is 2.53. The number of thiophene rings is 1. The van der Waals surface area contributed by atoms with E-state index >= 15 is 0 Å². The third kappa shape index (κ3) is 4.56. The van der Waals surface area contributed by atoms with Gasteiger partial charge in [-0.25, -0.2) is 4.98 Å². The van der Waals surface area contributed by atoms with Gasteiger partial charge in [-0.1, -0.05) is 18.2 Å². The Kier molecular flexibility index (Phi) is 5.83. The fourth-order valence-electron chi connectivity index (χ4n) is 2.87. The lowest BCUT2D eigenvalue weighted by atomic mass is 10.2. The Labute approximate surface area is 148 Å². The Morgan fingerprint density at radius 2 is 1.88 bits per heavy atom. The van der Waals surface area contributed by atoms with E-state index in [9.17, 15) is 0 Å². The SMILES string of the molecule is Cc1cc(CCNCCCNc2ccc3ccccc3n2)c(C)s1. The van der Waals surface area contributed by atoms with Crippen LogP contribution in [0.15, 0.2) is 42.5 Å². The molecule has 24 heavy (non-hydrogen) atoms. The minimum absolute atomic E-state index is 0.939. The Bertz CT molecular complexity index is 794. The van der Waals surface area contributed by atoms with Gasteiger partial charge in [0.15, 0.2) is 0 Å². The zero-order valence-electron chi connectivity index (χ0n) is 14.4. The smallest absolute Gasteiger partial charge is 0.126 e. The maximum Gasteiger partial charge on any atom is 0.126 e. The minimum Gasteiger partial charge on any atom is -0.370 e. The van der Waals surface area contributed by atoms with Crippen molar-refractivity contribution in [3.8, 4) is 0 Å². The molecule has 2 heterocycles. The number of aryl methyl sites for hydroxylation is 2. The summed E-state index contributed by atoms with van der Waals surface area (Å²) in [5, 5.41) is 8.12. The average molecular weight is 340 g/mol. The van der Waals surface area contributed by atoms with Gasteiger partial charge in [0.25, 0.3) is 0 Å². The van der Waals surface area contributed by atoms with Crippen molar-refractivity contribution in [3.05, 3.63) is 57.8 Å². The Morgan fingerprint density at radius 1 is 1.00 bits per heavy atom. The number of rotatable bonds is 8. The fourth-order valence-corrected chi connectivity index (χ4v) is 3.85. The van der Waals surface area contributed by atoms with Crippen LogP contribution < -0.4 is 10.6 Å². The molecule has 0 saturated heterocycles. The lowest BCUT2D eigenvalue weighted by Gasteiger charge is -2.08. The molecule has 3 aromatic rings. The highest BCUT2D eigenvalue weighted by atomic mass is 32.1. The number of hydrogen-bond acceptors (Lipinski definition) is 4. The number of pyridine rings is 1. The first-order valence-electron chi connectivity index (χ1n) is 8.59. The highest BCUT2D eigenvalue weighted by Gasteiger charge is 2.02. The summed E-state index contributed by atoms with van der Waals surface area (Å²) in [6.07, 6.45) is 2.21. The first kappa shape index (κ1) is 16.9. The summed E-state index contributed by atoms with van der Waals surface area (Å²) in [5.74, 6) is 0.957. The van der Waals surface area contributed by atoms with Crippen molar-refractivity contribution in [3.63, 3.8) is 0 Å². The van der Waals surface area contributed by atoms with Crippen LogP contribution in [0.4, 0.5) is 5.82 Å². The molecule has 126 valence electrons. The van der Waals surface area contributed by atoms with Gasteiger partial charge >= 0.3 is 0 Å². The van der Waals surface area contributed by atoms with Gasteiger partial charge in [-0.15, -0.1) is 11.3 Å². The molecule has 0 aliphatic carbocycles. The molecule has 0 unspecified atom stereocenters. The minimum atomic E-state index is 0.939. The second-order valence-corrected chi connectivity index (χ2v) is 7.57. The van der Waals surface area contributed by atoms with Crippen LogP contribution in [0.2, 0.25) is 0 Å². The monoisotopic (exact) mass is 339 g/mol. The molecule has 0 atom stereocenters. The molecule has 0 aliphatic rings. The van der Waals surface area contributed by atoms with Crippen molar-refractivity contribution >= 4 is 28.1 Å². The zero-order valence-corrected chi connectivity index (χ0v) is 15.2. The first-order chi connectivity index (χ1) is 11.7. The molecular formula is C20H25N3S. The van der Waals surface area contributed by atoms with E-state index in [-0.39, 0.29) is 0 Å². The molecular weight excluding hydrogens is 314 g/mol. The van der Waals surface area contributed by atoms with Crippen molar-refractivity contribution in [1.29, 1.82) is 0 Å². The lowest BCUT2D eigenvalue weighted by molar-refractivity contribution is 0.659. The zero-order chi connectivity index (χ0) is 16.8. The van der Waals surface area contributed by atoms with E-state index in [1.807, 2.05) is 23.5 Å². The number of benzene rings is 1. The van der Waals surface area contributed by atoms with E-state index < -0.39 is 0 Å². The third-order valence-electron chi connectivity index (χ3n) is 4.15. The van der Waals surface area contributed by atoms with Gasteiger partial charge in [0.1, 0.15) is 5.82 Å². The topological polar surface area (TPSA) is 37.0 Å². The van der Waals surface area contributed by atoms with Gasteiger partial charge in [-0.2, -0.15) is 0 Å². The van der Waals surface area contributed by atoms with Crippen molar-refractivity contribution in [1.82, 2.24) is 10.3 Å². The average Bonchev–Trinajstić information content (AvgIpc) is 2.91. The summed E-state index contributed by atoms with van der Waals surface area (Å²) in [6, 6.07) is 14.7. The predicted octanol–water partition coefficient (Wildman–Crippen LogP) is 4.55. The summed E-state index contributed by atoms with van der Waals surface area (Å²) in [7, 11) is 0. The number of para-hydroxylation sites is 1. The van der Waals surface area contributed by atoms with Crippen LogP contribution in [0.1, 0.15) is 21.7 Å². The summed E-state index contributed by atoms with van der Waals surface area (Å²) < 4.78 is 0. The molecule has 1 aromatic carbocycles. The van der Waals surface area contributed by atoms with Crippen LogP contribution in [0.25, 0.3) is 10.9 Å². The van der Waals surface area contributed by atoms with Gasteiger partial charge in [0.05, 0.1) is 5.52 Å². The highest BCUT2D eigenvalue weighted by molar-refractivity contribution is 7.12. The molecule has 2 aromatic heterocycles. The number of fused-ring (bicyclic) bond motifs is 1. The number of aromatic nitrogens is 1. The number of hydrogen-bond donors (Lipinski definition) is 2. The molecule has 0 bridgehead atoms. The van der Waals surface area contributed by atoms with Gasteiger partial charge in [0.2, 0.25) is 0 Å². The van der Waals surface area contributed by atoms with Crippen molar-refractivity contribution in [2.75, 3.05) is 25.0 Å². The second-order valence-electron chi connectivity index (χ2n) is 6.11. The van der Waals surface area contributed by atoms with Gasteiger partial charge < -0.3 is 10.6 Å². The molecule has 0 aliphatic heterocycles. The van der Waals surface area contributed by atoms with E-state index in [0.29, 0.717) is 0 Å². The molecule has 0 saturated carbocycles. The van der Waals surface area contributed by atoms with E-state index in [4.69, 9.17) is 0 Å². The van der Waals surface area contributed by atoms with Crippen LogP contribution in [-0.4, -0.2) is 24.6 Å². The molecule has 4 heteroatoms. The molecule has 0 radical (unpaired) electrons. The predicted molar refractivity (Wildman–Crippen MR) is 105 cm³/mol. The Morgan fingerprint density at radius 3 is 2.71 bits per heavy atom. The summed E-state index contributed by atoms with van der Waals surface area (Å²) in [6.45, 7) is 7.41. The second kappa shape index (κ2) is 8.27. The quantitative estimate of drug-likeness (QED) is 0.591. The summed E-state index contributed by atoms with van der Waals surface area (Å²) in [4.78, 5) is 7.50. The molecule has 3 rings (SSSR count). The summed E-state index contributed by atoms with van der Waals surface area (Å²) >= 11 is 1.89. The van der Waals surface area contributed by atoms with Crippen LogP contribution in [-0.2, 0) is 6.42 Å². The normalized spacial score (nSPS) is 11.1. The van der Waals surface area contributed by atoms with Crippen LogP contribution >= 0.6 is 11.3 Å². The van der Waals surface area contributed by atoms with Crippen molar-refractivity contribution in [2.45, 2.75) is 26.7 Å². The van der Waals surface area contributed by atoms with Gasteiger partial charge in [-0.3, -0.25) is 0 Å². The molecule has 0 fully saturated rings. The van der Waals surface area contributed by atoms with Crippen LogP contribution in [0.3, 0.4) is 0 Å². The number of nitrogens with zero attached hydrogens (tertiary/aromatic N) is 1. The molecule has 2 N–H and O–H groups in total. The lowest BCUT2D eigenvalue weighted by Crippen LogP contribution is -2.20. The van der Waals surface area contributed by atoms with Crippen LogP contribution in [0.5, 0.6) is 0 Å². The number of nitrogens with one attached hydrogen (secondary N) is 2. The first-order valence-corrected chi connectivity index (χ1v) is 9.40. The van der Waals surface area contributed by atoms with Gasteiger partial charge in [0, 0.05) is 21.7 Å². The van der Waals surface area contributed by atoms with Gasteiger partial charge in [-0.05, 0) is 69.6 Å². The third-order valence-corrected chi connectivity index (χ3v) is 5.16. The number of anilines is 1. The highest BCUT2D eigenvalue weighted by Crippen LogP contribution is 2.20. The van der Waals surface area contributed by atoms with Crippen LogP contribution in [0, 0.1) is 13.8 Å². The maximum atomic E-state index is 4.63. The van der Waals surface area contributed by atoms with Crippen molar-refractivity contribution < 1.29 is 0 Å².